The van der Waals surface area contributed by atoms with Crippen LogP contribution in [-0.2, 0) is 22.7 Å². The number of rotatable bonds is 6. The summed E-state index contributed by atoms with van der Waals surface area (Å²) in [4.78, 5) is 30.1. The van der Waals surface area contributed by atoms with Crippen LogP contribution in [0.3, 0.4) is 0 Å². The number of piperidine rings is 1. The van der Waals surface area contributed by atoms with E-state index in [9.17, 15) is 9.59 Å². The Hall–Kier alpha value is -2.71. The zero-order valence-electron chi connectivity index (χ0n) is 15.5. The molecule has 0 aromatic carbocycles. The molecule has 2 N–H and O–H groups in total. The third-order valence-corrected chi connectivity index (χ3v) is 5.83. The van der Waals surface area contributed by atoms with Gasteiger partial charge in [-0.15, -0.1) is 10.2 Å². The third-order valence-electron chi connectivity index (χ3n) is 5.83. The molecule has 2 aliphatic rings. The summed E-state index contributed by atoms with van der Waals surface area (Å²) in [6, 6.07) is 0. The molecule has 0 radical (unpaired) electrons. The second-order valence-corrected chi connectivity index (χ2v) is 7.47. The van der Waals surface area contributed by atoms with Crippen LogP contribution in [-0.4, -0.2) is 54.1 Å². The molecule has 2 aromatic heterocycles. The van der Waals surface area contributed by atoms with E-state index in [1.807, 2.05) is 10.8 Å². The molecule has 0 atom stereocenters. The molecular weight excluding hydrogens is 346 g/mol. The van der Waals surface area contributed by atoms with Gasteiger partial charge in [0.05, 0.1) is 12.9 Å². The predicted molar refractivity (Wildman–Crippen MR) is 96.4 cm³/mol. The molecule has 1 aliphatic heterocycles. The van der Waals surface area contributed by atoms with Gasteiger partial charge in [0, 0.05) is 37.9 Å². The molecule has 0 spiro atoms. The van der Waals surface area contributed by atoms with Crippen LogP contribution in [0.25, 0.3) is 0 Å². The molecule has 1 aliphatic carbocycles. The number of nitrogens with zero attached hydrogens (tertiary/aromatic N) is 6. The average molecular weight is 371 g/mol. The number of nitrogens with two attached hydrogens (primary N) is 1. The fourth-order valence-electron chi connectivity index (χ4n) is 3.99. The normalized spacial score (nSPS) is 19.2. The van der Waals surface area contributed by atoms with E-state index < -0.39 is 11.3 Å². The molecule has 2 aromatic rings. The van der Waals surface area contributed by atoms with E-state index >= 15 is 0 Å². The molecule has 9 heteroatoms. The van der Waals surface area contributed by atoms with Crippen molar-refractivity contribution in [2.45, 2.75) is 51.6 Å². The van der Waals surface area contributed by atoms with Gasteiger partial charge in [0.1, 0.15) is 11.2 Å². The standard InChI is InChI=1S/C18H25N7O2/c1-2-25-14(11-23-10-7-20-12-23)21-22-15(25)13-3-8-24(9-4-13)17(27)18(5-6-18)16(19)26/h7,10,12-13H,2-6,8-9,11H2,1H3,(H2,19,26). The van der Waals surface area contributed by atoms with Gasteiger partial charge in [0.25, 0.3) is 0 Å². The largest absolute Gasteiger partial charge is 0.369 e. The summed E-state index contributed by atoms with van der Waals surface area (Å²) in [5.74, 6) is 1.59. The van der Waals surface area contributed by atoms with Gasteiger partial charge in [-0.2, -0.15) is 0 Å². The van der Waals surface area contributed by atoms with Crippen molar-refractivity contribution in [2.75, 3.05) is 13.1 Å². The van der Waals surface area contributed by atoms with Crippen molar-refractivity contribution < 1.29 is 9.59 Å². The summed E-state index contributed by atoms with van der Waals surface area (Å²) in [6.45, 7) is 4.79. The van der Waals surface area contributed by atoms with Crippen LogP contribution in [0.1, 0.15) is 50.2 Å². The number of hydrogen-bond acceptors (Lipinski definition) is 5. The molecule has 144 valence electrons. The lowest BCUT2D eigenvalue weighted by Gasteiger charge is -2.33. The summed E-state index contributed by atoms with van der Waals surface area (Å²) in [7, 11) is 0. The van der Waals surface area contributed by atoms with Crippen molar-refractivity contribution in [3.63, 3.8) is 0 Å². The minimum Gasteiger partial charge on any atom is -0.369 e. The van der Waals surface area contributed by atoms with Crippen molar-refractivity contribution in [1.29, 1.82) is 0 Å². The summed E-state index contributed by atoms with van der Waals surface area (Å²) < 4.78 is 4.13. The topological polar surface area (TPSA) is 112 Å². The molecule has 1 saturated heterocycles. The van der Waals surface area contributed by atoms with Crippen LogP contribution in [0.15, 0.2) is 18.7 Å². The first-order chi connectivity index (χ1) is 13.0. The maximum Gasteiger partial charge on any atom is 0.238 e. The maximum absolute atomic E-state index is 12.7. The van der Waals surface area contributed by atoms with Gasteiger partial charge in [-0.25, -0.2) is 4.98 Å². The second kappa shape index (κ2) is 6.79. The van der Waals surface area contributed by atoms with E-state index in [0.29, 0.717) is 32.5 Å². The zero-order chi connectivity index (χ0) is 19.0. The Morgan fingerprint density at radius 3 is 2.56 bits per heavy atom. The van der Waals surface area contributed by atoms with E-state index in [1.54, 1.807) is 17.4 Å². The monoisotopic (exact) mass is 371 g/mol. The predicted octanol–water partition coefficient (Wildman–Crippen LogP) is 0.514. The Bertz CT molecular complexity index is 830. The van der Waals surface area contributed by atoms with Gasteiger partial charge < -0.3 is 19.8 Å². The van der Waals surface area contributed by atoms with Crippen molar-refractivity contribution in [3.05, 3.63) is 30.4 Å². The van der Waals surface area contributed by atoms with E-state index in [4.69, 9.17) is 5.73 Å². The van der Waals surface area contributed by atoms with Crippen molar-refractivity contribution in [3.8, 4) is 0 Å². The lowest BCUT2D eigenvalue weighted by Crippen LogP contribution is -2.46. The summed E-state index contributed by atoms with van der Waals surface area (Å²) >= 11 is 0. The molecule has 9 nitrogen and oxygen atoms in total. The molecule has 0 bridgehead atoms. The van der Waals surface area contributed by atoms with Gasteiger partial charge in [0.15, 0.2) is 5.82 Å². The summed E-state index contributed by atoms with van der Waals surface area (Å²) in [5, 5.41) is 8.84. The lowest BCUT2D eigenvalue weighted by atomic mass is 9.94. The second-order valence-electron chi connectivity index (χ2n) is 7.47. The van der Waals surface area contributed by atoms with Crippen LogP contribution in [0.5, 0.6) is 0 Å². The van der Waals surface area contributed by atoms with Gasteiger partial charge in [0.2, 0.25) is 11.8 Å². The van der Waals surface area contributed by atoms with E-state index in [1.165, 1.54) is 0 Å². The van der Waals surface area contributed by atoms with Crippen LogP contribution in [0.4, 0.5) is 0 Å². The molecule has 4 rings (SSSR count). The van der Waals surface area contributed by atoms with E-state index in [0.717, 1.165) is 31.0 Å². The number of aromatic nitrogens is 5. The first-order valence-corrected chi connectivity index (χ1v) is 9.52. The minimum absolute atomic E-state index is 0.0915. The van der Waals surface area contributed by atoms with Crippen molar-refractivity contribution in [2.24, 2.45) is 11.1 Å². The first kappa shape index (κ1) is 17.7. The Labute approximate surface area is 157 Å². The number of likely N-dealkylation sites (tertiary alicyclic amines) is 1. The number of imidazole rings is 1. The van der Waals surface area contributed by atoms with Gasteiger partial charge in [-0.3, -0.25) is 9.59 Å². The van der Waals surface area contributed by atoms with Crippen molar-refractivity contribution in [1.82, 2.24) is 29.2 Å². The number of primary amides is 1. The van der Waals surface area contributed by atoms with Crippen LogP contribution in [0.2, 0.25) is 0 Å². The zero-order valence-corrected chi connectivity index (χ0v) is 15.5. The van der Waals surface area contributed by atoms with Crippen LogP contribution >= 0.6 is 0 Å². The summed E-state index contributed by atoms with van der Waals surface area (Å²) in [6.07, 6.45) is 8.24. The van der Waals surface area contributed by atoms with E-state index in [2.05, 4.69) is 26.7 Å². The molecule has 3 heterocycles. The van der Waals surface area contributed by atoms with E-state index in [-0.39, 0.29) is 11.8 Å². The average Bonchev–Trinajstić information content (AvgIpc) is 3.16. The van der Waals surface area contributed by atoms with Gasteiger partial charge in [-0.05, 0) is 32.6 Å². The fraction of sp³-hybridized carbons (Fsp3) is 0.611. The highest BCUT2D eigenvalue weighted by Crippen LogP contribution is 2.47. The molecule has 0 unspecified atom stereocenters. The van der Waals surface area contributed by atoms with Crippen LogP contribution < -0.4 is 5.73 Å². The quantitative estimate of drug-likeness (QED) is 0.744. The first-order valence-electron chi connectivity index (χ1n) is 9.52. The molecule has 2 amide bonds. The Balaban J connectivity index is 1.43. The lowest BCUT2D eigenvalue weighted by molar-refractivity contribution is -0.143. The highest BCUT2D eigenvalue weighted by molar-refractivity contribution is 6.07. The minimum atomic E-state index is -0.922. The van der Waals surface area contributed by atoms with Crippen LogP contribution in [0, 0.1) is 5.41 Å². The molecule has 27 heavy (non-hydrogen) atoms. The Morgan fingerprint density at radius 1 is 1.26 bits per heavy atom. The maximum atomic E-state index is 12.7. The molecular formula is C18H25N7O2. The molecule has 2 fully saturated rings. The fourth-order valence-corrected chi connectivity index (χ4v) is 3.99. The number of hydrogen-bond donors (Lipinski definition) is 1. The number of carbonyl (C=O) groups is 2. The van der Waals surface area contributed by atoms with Gasteiger partial charge >= 0.3 is 0 Å². The van der Waals surface area contributed by atoms with Crippen molar-refractivity contribution >= 4 is 11.8 Å². The highest BCUT2D eigenvalue weighted by Gasteiger charge is 2.57. The SMILES string of the molecule is CCn1c(Cn2ccnc2)nnc1C1CCN(C(=O)C2(C(N)=O)CC2)CC1. The van der Waals surface area contributed by atoms with Gasteiger partial charge in [-0.1, -0.05) is 0 Å². The number of amides is 2. The third kappa shape index (κ3) is 3.11. The summed E-state index contributed by atoms with van der Waals surface area (Å²) in [5.41, 5.74) is 4.52. The highest BCUT2D eigenvalue weighted by atomic mass is 16.2. The molecule has 1 saturated carbocycles. The smallest absolute Gasteiger partial charge is 0.238 e. The Kier molecular flexibility index (Phi) is 4.45. The number of carbonyl (C=O) groups excluding carboxylic acids is 2. The Morgan fingerprint density at radius 2 is 2.00 bits per heavy atom.